The molecule has 6 nitrogen and oxygen atoms in total. The maximum absolute atomic E-state index is 12.5. The first kappa shape index (κ1) is 18.0. The average Bonchev–Trinajstić information content (AvgIpc) is 3.47. The van der Waals surface area contributed by atoms with Crippen LogP contribution in [0.1, 0.15) is 29.9 Å². The molecule has 2 amide bonds. The maximum atomic E-state index is 12.5. The zero-order valence-electron chi connectivity index (χ0n) is 15.4. The van der Waals surface area contributed by atoms with E-state index in [9.17, 15) is 14.7 Å². The van der Waals surface area contributed by atoms with Crippen LogP contribution in [-0.4, -0.2) is 72.2 Å². The Morgan fingerprint density at radius 3 is 2.67 bits per heavy atom. The number of piperazine rings is 1. The van der Waals surface area contributed by atoms with Gasteiger partial charge in [-0.05, 0) is 30.5 Å². The van der Waals surface area contributed by atoms with Crippen LogP contribution in [0.3, 0.4) is 0 Å². The van der Waals surface area contributed by atoms with Gasteiger partial charge in [0.1, 0.15) is 6.61 Å². The molecule has 2 aliphatic heterocycles. The summed E-state index contributed by atoms with van der Waals surface area (Å²) in [4.78, 5) is 27.9. The monoisotopic (exact) mass is 368 g/mol. The Kier molecular flexibility index (Phi) is 4.90. The Morgan fingerprint density at radius 1 is 1.30 bits per heavy atom. The third kappa shape index (κ3) is 3.45. The zero-order chi connectivity index (χ0) is 19.0. The van der Waals surface area contributed by atoms with Gasteiger partial charge >= 0.3 is 0 Å². The molecular formula is C21H24N2O4. The number of nitrogens with zero attached hydrogens (tertiary/aromatic N) is 2. The lowest BCUT2D eigenvalue weighted by atomic mass is 9.73. The fourth-order valence-corrected chi connectivity index (χ4v) is 4.11. The first-order valence-electron chi connectivity index (χ1n) is 9.42. The molecule has 0 radical (unpaired) electrons. The van der Waals surface area contributed by atoms with Crippen molar-refractivity contribution < 1.29 is 19.4 Å². The lowest BCUT2D eigenvalue weighted by Crippen LogP contribution is -2.73. The number of benzene rings is 1. The van der Waals surface area contributed by atoms with Crippen molar-refractivity contribution in [2.24, 2.45) is 5.92 Å². The van der Waals surface area contributed by atoms with Gasteiger partial charge < -0.3 is 19.6 Å². The second-order valence-electron chi connectivity index (χ2n) is 7.52. The molecule has 3 fully saturated rings. The topological polar surface area (TPSA) is 70.1 Å². The van der Waals surface area contributed by atoms with Crippen LogP contribution in [0.2, 0.25) is 0 Å². The van der Waals surface area contributed by atoms with Crippen molar-refractivity contribution in [3.8, 4) is 11.8 Å². The van der Waals surface area contributed by atoms with Crippen molar-refractivity contribution in [1.82, 2.24) is 9.80 Å². The summed E-state index contributed by atoms with van der Waals surface area (Å²) >= 11 is 0. The number of hydrogen-bond donors (Lipinski definition) is 1. The molecule has 0 bridgehead atoms. The number of hydrogen-bond acceptors (Lipinski definition) is 4. The number of carbonyl (C=O) groups excluding carboxylic acids is 2. The number of amides is 2. The summed E-state index contributed by atoms with van der Waals surface area (Å²) in [5.41, 5.74) is 2.06. The predicted molar refractivity (Wildman–Crippen MR) is 98.7 cm³/mol. The molecule has 1 aliphatic carbocycles. The Labute approximate surface area is 159 Å². The van der Waals surface area contributed by atoms with E-state index in [1.54, 1.807) is 9.80 Å². The van der Waals surface area contributed by atoms with E-state index < -0.39 is 0 Å². The SMILES string of the molecule is COCC(=O)N1CC(=O)N2[C@H](CO)[C@@H](c3ccc(C#CC4CC4)cc3)[C@H]2C1. The van der Waals surface area contributed by atoms with E-state index in [4.69, 9.17) is 4.74 Å². The van der Waals surface area contributed by atoms with Crippen LogP contribution in [0.15, 0.2) is 24.3 Å². The molecule has 0 aromatic heterocycles. The largest absolute Gasteiger partial charge is 0.394 e. The molecule has 6 heteroatoms. The summed E-state index contributed by atoms with van der Waals surface area (Å²) in [5.74, 6) is 6.74. The van der Waals surface area contributed by atoms with Crippen LogP contribution in [0, 0.1) is 17.8 Å². The maximum Gasteiger partial charge on any atom is 0.249 e. The first-order valence-corrected chi connectivity index (χ1v) is 9.42. The molecule has 1 aromatic rings. The van der Waals surface area contributed by atoms with E-state index in [1.807, 2.05) is 24.3 Å². The highest BCUT2D eigenvalue weighted by Crippen LogP contribution is 2.42. The molecule has 3 aliphatic rings. The standard InChI is InChI=1S/C21H24N2O4/c1-27-13-20(26)22-10-17-21(18(12-24)23(17)19(25)11-22)16-8-6-15(7-9-16)5-4-14-2-3-14/h6-9,14,17-18,21,24H,2-3,10-13H2,1H3/t17-,18-,21+/m1/s1. The highest BCUT2D eigenvalue weighted by molar-refractivity contribution is 5.88. The molecule has 142 valence electrons. The van der Waals surface area contributed by atoms with Crippen molar-refractivity contribution in [2.75, 3.05) is 33.4 Å². The fraction of sp³-hybridized carbons (Fsp3) is 0.524. The first-order chi connectivity index (χ1) is 13.1. The number of aliphatic hydroxyl groups excluding tert-OH is 1. The lowest BCUT2D eigenvalue weighted by Gasteiger charge is -2.58. The molecule has 27 heavy (non-hydrogen) atoms. The van der Waals surface area contributed by atoms with Gasteiger partial charge in [0.2, 0.25) is 11.8 Å². The average molecular weight is 368 g/mol. The number of ether oxygens (including phenoxy) is 1. The summed E-state index contributed by atoms with van der Waals surface area (Å²) < 4.78 is 4.91. The van der Waals surface area contributed by atoms with Gasteiger partial charge in [0, 0.05) is 31.1 Å². The van der Waals surface area contributed by atoms with Gasteiger partial charge in [-0.1, -0.05) is 24.0 Å². The molecule has 0 spiro atoms. The van der Waals surface area contributed by atoms with Crippen LogP contribution in [0.25, 0.3) is 0 Å². The van der Waals surface area contributed by atoms with Gasteiger partial charge in [0.05, 0.1) is 25.2 Å². The molecule has 4 rings (SSSR count). The van der Waals surface area contributed by atoms with Crippen molar-refractivity contribution in [1.29, 1.82) is 0 Å². The van der Waals surface area contributed by atoms with Gasteiger partial charge in [-0.15, -0.1) is 0 Å². The normalized spacial score (nSPS) is 26.7. The summed E-state index contributed by atoms with van der Waals surface area (Å²) in [5, 5.41) is 9.82. The minimum atomic E-state index is -0.231. The number of aliphatic hydroxyl groups is 1. The van der Waals surface area contributed by atoms with E-state index >= 15 is 0 Å². The quantitative estimate of drug-likeness (QED) is 0.790. The minimum absolute atomic E-state index is 0.0162. The number of methoxy groups -OCH3 is 1. The van der Waals surface area contributed by atoms with Gasteiger partial charge in [0.15, 0.2) is 0 Å². The Hall–Kier alpha value is -2.36. The summed E-state index contributed by atoms with van der Waals surface area (Å²) in [6.07, 6.45) is 2.41. The summed E-state index contributed by atoms with van der Waals surface area (Å²) in [6.45, 7) is 0.417. The van der Waals surface area contributed by atoms with Crippen molar-refractivity contribution in [3.05, 3.63) is 35.4 Å². The van der Waals surface area contributed by atoms with Crippen molar-refractivity contribution in [3.63, 3.8) is 0 Å². The van der Waals surface area contributed by atoms with Gasteiger partial charge in [-0.3, -0.25) is 9.59 Å². The van der Waals surface area contributed by atoms with Crippen molar-refractivity contribution >= 4 is 11.8 Å². The number of fused-ring (bicyclic) bond motifs is 1. The molecule has 1 saturated carbocycles. The van der Waals surface area contributed by atoms with Crippen LogP contribution in [-0.2, 0) is 14.3 Å². The Balaban J connectivity index is 1.52. The number of carbonyl (C=O) groups is 2. The lowest BCUT2D eigenvalue weighted by molar-refractivity contribution is -0.168. The molecular weight excluding hydrogens is 344 g/mol. The van der Waals surface area contributed by atoms with Crippen molar-refractivity contribution in [2.45, 2.75) is 30.8 Å². The molecule has 0 unspecified atom stereocenters. The molecule has 1 N–H and O–H groups in total. The minimum Gasteiger partial charge on any atom is -0.394 e. The van der Waals surface area contributed by atoms with Gasteiger partial charge in [-0.2, -0.15) is 0 Å². The van der Waals surface area contributed by atoms with E-state index in [-0.39, 0.29) is 49.6 Å². The van der Waals surface area contributed by atoms with E-state index in [1.165, 1.54) is 20.0 Å². The molecule has 3 atom stereocenters. The van der Waals surface area contributed by atoms with E-state index in [0.717, 1.165) is 11.1 Å². The predicted octanol–water partition coefficient (Wildman–Crippen LogP) is 0.592. The smallest absolute Gasteiger partial charge is 0.249 e. The Bertz CT molecular complexity index is 791. The van der Waals surface area contributed by atoms with Crippen LogP contribution >= 0.6 is 0 Å². The third-order valence-electron chi connectivity index (χ3n) is 5.67. The second kappa shape index (κ2) is 7.34. The Morgan fingerprint density at radius 2 is 2.04 bits per heavy atom. The van der Waals surface area contributed by atoms with Crippen LogP contribution in [0.5, 0.6) is 0 Å². The molecule has 2 heterocycles. The molecule has 1 aromatic carbocycles. The van der Waals surface area contributed by atoms with Crippen LogP contribution < -0.4 is 0 Å². The highest BCUT2D eigenvalue weighted by Gasteiger charge is 2.54. The van der Waals surface area contributed by atoms with Crippen LogP contribution in [0.4, 0.5) is 0 Å². The number of rotatable bonds is 4. The van der Waals surface area contributed by atoms with Gasteiger partial charge in [-0.25, -0.2) is 0 Å². The summed E-state index contributed by atoms with van der Waals surface area (Å²) in [7, 11) is 1.47. The van der Waals surface area contributed by atoms with Gasteiger partial charge in [0.25, 0.3) is 0 Å². The zero-order valence-corrected chi connectivity index (χ0v) is 15.4. The fourth-order valence-electron chi connectivity index (χ4n) is 4.11. The van der Waals surface area contributed by atoms with E-state index in [0.29, 0.717) is 12.5 Å². The highest BCUT2D eigenvalue weighted by atomic mass is 16.5. The van der Waals surface area contributed by atoms with E-state index in [2.05, 4.69) is 11.8 Å². The second-order valence-corrected chi connectivity index (χ2v) is 7.52. The molecule has 2 saturated heterocycles. The third-order valence-corrected chi connectivity index (χ3v) is 5.67. The summed E-state index contributed by atoms with van der Waals surface area (Å²) in [6, 6.07) is 7.73.